The number of hydrazone groups is 1. The van der Waals surface area contributed by atoms with E-state index in [0.717, 1.165) is 5.56 Å². The van der Waals surface area contributed by atoms with E-state index in [1.807, 2.05) is 67.6 Å². The molecule has 2 aromatic carbocycles. The summed E-state index contributed by atoms with van der Waals surface area (Å²) in [6.45, 7) is 1.79. The maximum absolute atomic E-state index is 12.6. The molecule has 2 heterocycles. The Kier molecular flexibility index (Phi) is 7.22. The van der Waals surface area contributed by atoms with Crippen molar-refractivity contribution in [1.82, 2.24) is 19.1 Å². The van der Waals surface area contributed by atoms with E-state index in [0.29, 0.717) is 11.5 Å². The van der Waals surface area contributed by atoms with Crippen LogP contribution in [0.3, 0.4) is 0 Å². The number of anilines is 1. The van der Waals surface area contributed by atoms with Gasteiger partial charge in [0.1, 0.15) is 18.5 Å². The summed E-state index contributed by atoms with van der Waals surface area (Å²) in [6.07, 6.45) is 2.79. The van der Waals surface area contributed by atoms with E-state index in [1.165, 1.54) is 16.2 Å². The van der Waals surface area contributed by atoms with Gasteiger partial charge in [0.25, 0.3) is 5.56 Å². The largest absolute Gasteiger partial charge is 0.491 e. The van der Waals surface area contributed by atoms with Crippen LogP contribution >= 0.6 is 0 Å². The zero-order valence-corrected chi connectivity index (χ0v) is 19.4. The molecule has 0 spiro atoms. The van der Waals surface area contributed by atoms with E-state index in [1.54, 1.807) is 12.1 Å². The summed E-state index contributed by atoms with van der Waals surface area (Å²) in [5.41, 5.74) is 3.66. The Morgan fingerprint density at radius 3 is 2.57 bits per heavy atom. The van der Waals surface area contributed by atoms with E-state index < -0.39 is 17.4 Å². The maximum atomic E-state index is 12.6. The lowest BCUT2D eigenvalue weighted by Gasteiger charge is -2.15. The molecule has 2 aromatic heterocycles. The number of hydrogen-bond acceptors (Lipinski definition) is 7. The van der Waals surface area contributed by atoms with Crippen molar-refractivity contribution >= 4 is 28.9 Å². The van der Waals surface area contributed by atoms with Gasteiger partial charge < -0.3 is 14.4 Å². The lowest BCUT2D eigenvalue weighted by molar-refractivity contribution is 0.0938. The third kappa shape index (κ3) is 5.74. The number of aromatic nitrogens is 4. The summed E-state index contributed by atoms with van der Waals surface area (Å²) in [5, 5.41) is 15.0. The summed E-state index contributed by atoms with van der Waals surface area (Å²) in [7, 11) is 1.51. The standard InChI is InChI=1S/C25H26N6O4/c1-17(13-14-18-9-5-3-6-10-18)28-29-24-26-22-21(23(33)27-25(34)30(22)2)31(24)15-19(32)16-35-20-11-7-4-8-12-20/h3-14,19,32H,15-16H2,1-2H3,(H,26,29)(H,27,33,34)/b14-13+,28-17?/t19-/m0/s1. The normalized spacial score (nSPS) is 12.8. The van der Waals surface area contributed by atoms with E-state index in [4.69, 9.17) is 4.74 Å². The molecule has 3 N–H and O–H groups in total. The molecule has 35 heavy (non-hydrogen) atoms. The zero-order valence-electron chi connectivity index (χ0n) is 19.4. The van der Waals surface area contributed by atoms with E-state index >= 15 is 0 Å². The molecule has 0 saturated carbocycles. The zero-order chi connectivity index (χ0) is 24.8. The van der Waals surface area contributed by atoms with Crippen molar-refractivity contribution in [3.63, 3.8) is 0 Å². The Morgan fingerprint density at radius 2 is 1.86 bits per heavy atom. The molecule has 0 amide bonds. The van der Waals surface area contributed by atoms with Gasteiger partial charge in [-0.15, -0.1) is 0 Å². The topological polar surface area (TPSA) is 127 Å². The molecule has 1 atom stereocenters. The van der Waals surface area contributed by atoms with Gasteiger partial charge in [0.05, 0.1) is 12.3 Å². The fourth-order valence-corrected chi connectivity index (χ4v) is 3.43. The van der Waals surface area contributed by atoms with Crippen molar-refractivity contribution in [2.75, 3.05) is 12.0 Å². The van der Waals surface area contributed by atoms with Gasteiger partial charge in [-0.1, -0.05) is 54.6 Å². The van der Waals surface area contributed by atoms with Gasteiger partial charge >= 0.3 is 5.69 Å². The lowest BCUT2D eigenvalue weighted by atomic mass is 10.2. The van der Waals surface area contributed by atoms with Crippen molar-refractivity contribution < 1.29 is 9.84 Å². The molecule has 0 bridgehead atoms. The number of allylic oxidation sites excluding steroid dienone is 1. The Hall–Kier alpha value is -4.44. The predicted octanol–water partition coefficient (Wildman–Crippen LogP) is 2.36. The van der Waals surface area contributed by atoms with Crippen LogP contribution in [0.4, 0.5) is 5.95 Å². The van der Waals surface area contributed by atoms with E-state index in [-0.39, 0.29) is 30.3 Å². The van der Waals surface area contributed by atoms with Gasteiger partial charge in [-0.2, -0.15) is 10.1 Å². The van der Waals surface area contributed by atoms with Crippen molar-refractivity contribution in [1.29, 1.82) is 0 Å². The number of fused-ring (bicyclic) bond motifs is 1. The first-order valence-corrected chi connectivity index (χ1v) is 11.0. The highest BCUT2D eigenvalue weighted by atomic mass is 16.5. The maximum Gasteiger partial charge on any atom is 0.329 e. The van der Waals surface area contributed by atoms with Crippen molar-refractivity contribution in [2.24, 2.45) is 12.1 Å². The third-order valence-electron chi connectivity index (χ3n) is 5.23. The number of nitrogens with zero attached hydrogens (tertiary/aromatic N) is 4. The molecule has 4 rings (SSSR count). The number of benzene rings is 2. The SMILES string of the molecule is CC(/C=C/c1ccccc1)=NNc1nc2c(c(=O)[nH]c(=O)n2C)n1C[C@H](O)COc1ccccc1. The average molecular weight is 475 g/mol. The Balaban J connectivity index is 1.60. The second kappa shape index (κ2) is 10.7. The van der Waals surface area contributed by atoms with Gasteiger partial charge in [-0.25, -0.2) is 10.2 Å². The van der Waals surface area contributed by atoms with Crippen molar-refractivity contribution in [3.8, 4) is 5.75 Å². The van der Waals surface area contributed by atoms with Gasteiger partial charge in [-0.3, -0.25) is 14.3 Å². The number of imidazole rings is 1. The molecule has 0 unspecified atom stereocenters. The third-order valence-corrected chi connectivity index (χ3v) is 5.23. The summed E-state index contributed by atoms with van der Waals surface area (Å²) >= 11 is 0. The molecule has 10 nitrogen and oxygen atoms in total. The number of ether oxygens (including phenoxy) is 1. The lowest BCUT2D eigenvalue weighted by Crippen LogP contribution is -2.30. The van der Waals surface area contributed by atoms with Crippen molar-refractivity contribution in [2.45, 2.75) is 19.6 Å². The van der Waals surface area contributed by atoms with E-state index in [2.05, 4.69) is 20.5 Å². The smallest absolute Gasteiger partial charge is 0.329 e. The van der Waals surface area contributed by atoms with Crippen LogP contribution in [-0.2, 0) is 13.6 Å². The highest BCUT2D eigenvalue weighted by Crippen LogP contribution is 2.17. The van der Waals surface area contributed by atoms with Crippen molar-refractivity contribution in [3.05, 3.63) is 93.1 Å². The van der Waals surface area contributed by atoms with Gasteiger partial charge in [0.2, 0.25) is 5.95 Å². The Morgan fingerprint density at radius 1 is 1.17 bits per heavy atom. The highest BCUT2D eigenvalue weighted by molar-refractivity contribution is 5.96. The Bertz CT molecular complexity index is 1470. The summed E-state index contributed by atoms with van der Waals surface area (Å²) in [5.74, 6) is 0.823. The molecule has 0 fully saturated rings. The van der Waals surface area contributed by atoms with Gasteiger partial charge in [0, 0.05) is 7.05 Å². The number of H-pyrrole nitrogens is 1. The second-order valence-electron chi connectivity index (χ2n) is 7.92. The molecule has 10 heteroatoms. The fourth-order valence-electron chi connectivity index (χ4n) is 3.43. The second-order valence-corrected chi connectivity index (χ2v) is 7.92. The van der Waals surface area contributed by atoms with Crippen LogP contribution in [0.1, 0.15) is 12.5 Å². The number of hydrogen-bond donors (Lipinski definition) is 3. The number of nitrogens with one attached hydrogen (secondary N) is 2. The number of aliphatic hydroxyl groups excluding tert-OH is 1. The average Bonchev–Trinajstić information content (AvgIpc) is 3.23. The first-order valence-electron chi connectivity index (χ1n) is 11.0. The monoisotopic (exact) mass is 474 g/mol. The summed E-state index contributed by atoms with van der Waals surface area (Å²) in [6, 6.07) is 18.9. The molecule has 0 aliphatic heterocycles. The van der Waals surface area contributed by atoms with Crippen LogP contribution < -0.4 is 21.4 Å². The summed E-state index contributed by atoms with van der Waals surface area (Å²) in [4.78, 5) is 31.4. The van der Waals surface area contributed by atoms with Crippen LogP contribution in [0.2, 0.25) is 0 Å². The van der Waals surface area contributed by atoms with Crippen LogP contribution in [0.25, 0.3) is 17.2 Å². The van der Waals surface area contributed by atoms with E-state index in [9.17, 15) is 14.7 Å². The van der Waals surface area contributed by atoms with Crippen LogP contribution in [0.5, 0.6) is 5.75 Å². The first kappa shape index (κ1) is 23.7. The molecule has 0 radical (unpaired) electrons. The molecule has 0 saturated heterocycles. The highest BCUT2D eigenvalue weighted by Gasteiger charge is 2.20. The van der Waals surface area contributed by atoms with Gasteiger partial charge in [0.15, 0.2) is 11.2 Å². The Labute approximate surface area is 200 Å². The number of aromatic amines is 1. The van der Waals surface area contributed by atoms with Gasteiger partial charge in [-0.05, 0) is 30.7 Å². The quantitative estimate of drug-likeness (QED) is 0.253. The van der Waals surface area contributed by atoms with Crippen LogP contribution in [0, 0.1) is 0 Å². The van der Waals surface area contributed by atoms with Crippen LogP contribution in [0.15, 0.2) is 81.4 Å². The van der Waals surface area contributed by atoms with Crippen LogP contribution in [-0.4, -0.2) is 42.6 Å². The molecule has 0 aliphatic rings. The number of aryl methyl sites for hydroxylation is 1. The fraction of sp³-hybridized carbons (Fsp3) is 0.200. The predicted molar refractivity (Wildman–Crippen MR) is 136 cm³/mol. The minimum Gasteiger partial charge on any atom is -0.491 e. The number of rotatable bonds is 9. The minimum atomic E-state index is -0.965. The molecular weight excluding hydrogens is 448 g/mol. The first-order chi connectivity index (χ1) is 16.9. The molecule has 4 aromatic rings. The minimum absolute atomic E-state index is 0.00505. The molecular formula is C25H26N6O4. The summed E-state index contributed by atoms with van der Waals surface area (Å²) < 4.78 is 8.36. The number of para-hydroxylation sites is 1. The number of aliphatic hydroxyl groups is 1. The molecule has 0 aliphatic carbocycles. The molecule has 180 valence electrons.